The molecule has 0 bridgehead atoms. The Kier molecular flexibility index (Phi) is 5.16. The van der Waals surface area contributed by atoms with Crippen LogP contribution in [0.25, 0.3) is 0 Å². The van der Waals surface area contributed by atoms with Crippen molar-refractivity contribution < 1.29 is 14.3 Å². The van der Waals surface area contributed by atoms with Crippen molar-refractivity contribution in [2.24, 2.45) is 0 Å². The highest BCUT2D eigenvalue weighted by Gasteiger charge is 2.20. The monoisotopic (exact) mass is 254 g/mol. The van der Waals surface area contributed by atoms with E-state index in [0.29, 0.717) is 5.56 Å². The number of alkyl halides is 1. The van der Waals surface area contributed by atoms with E-state index in [0.717, 1.165) is 12.0 Å². The van der Waals surface area contributed by atoms with E-state index in [1.54, 1.807) is 12.1 Å². The lowest BCUT2D eigenvalue weighted by atomic mass is 10.0. The third-order valence-electron chi connectivity index (χ3n) is 2.50. The second kappa shape index (κ2) is 6.40. The standard InChI is InChI=1S/C13H15ClO3/c1-3-9-4-6-10(7-5-9)13(16)11(14)8-12(15)17-2/h4-7,11H,3,8H2,1-2H3. The summed E-state index contributed by atoms with van der Waals surface area (Å²) in [5.74, 6) is -0.733. The molecule has 0 aromatic heterocycles. The smallest absolute Gasteiger partial charge is 0.307 e. The van der Waals surface area contributed by atoms with Crippen LogP contribution in [0.2, 0.25) is 0 Å². The number of aryl methyl sites for hydroxylation is 1. The van der Waals surface area contributed by atoms with Crippen LogP contribution in [-0.4, -0.2) is 24.2 Å². The number of benzene rings is 1. The van der Waals surface area contributed by atoms with Crippen LogP contribution >= 0.6 is 11.6 Å². The van der Waals surface area contributed by atoms with E-state index < -0.39 is 11.3 Å². The minimum atomic E-state index is -0.866. The first kappa shape index (κ1) is 13.7. The molecule has 1 atom stereocenters. The summed E-state index contributed by atoms with van der Waals surface area (Å²) < 4.78 is 4.47. The second-order valence-corrected chi connectivity index (χ2v) is 4.19. The third-order valence-corrected chi connectivity index (χ3v) is 2.86. The van der Waals surface area contributed by atoms with Crippen LogP contribution in [-0.2, 0) is 16.0 Å². The number of ketones is 1. The van der Waals surface area contributed by atoms with Gasteiger partial charge in [0.25, 0.3) is 0 Å². The first-order valence-electron chi connectivity index (χ1n) is 5.42. The van der Waals surface area contributed by atoms with Crippen molar-refractivity contribution in [2.75, 3.05) is 7.11 Å². The minimum Gasteiger partial charge on any atom is -0.469 e. The van der Waals surface area contributed by atoms with Gasteiger partial charge < -0.3 is 4.74 Å². The van der Waals surface area contributed by atoms with Crippen LogP contribution in [0.5, 0.6) is 0 Å². The molecule has 0 N–H and O–H groups in total. The average Bonchev–Trinajstić information content (AvgIpc) is 2.37. The minimum absolute atomic E-state index is 0.105. The van der Waals surface area contributed by atoms with Gasteiger partial charge in [-0.2, -0.15) is 0 Å². The van der Waals surface area contributed by atoms with Crippen molar-refractivity contribution in [1.82, 2.24) is 0 Å². The molecule has 0 radical (unpaired) electrons. The molecule has 0 aliphatic rings. The van der Waals surface area contributed by atoms with Crippen LogP contribution in [0.1, 0.15) is 29.3 Å². The molecular weight excluding hydrogens is 240 g/mol. The van der Waals surface area contributed by atoms with Gasteiger partial charge >= 0.3 is 5.97 Å². The van der Waals surface area contributed by atoms with Gasteiger partial charge in [-0.3, -0.25) is 9.59 Å². The van der Waals surface area contributed by atoms with Gasteiger partial charge in [-0.1, -0.05) is 31.2 Å². The molecule has 0 saturated carbocycles. The maximum atomic E-state index is 11.9. The summed E-state index contributed by atoms with van der Waals surface area (Å²) in [6, 6.07) is 7.23. The molecule has 0 fully saturated rings. The predicted octanol–water partition coefficient (Wildman–Crippen LogP) is 2.60. The van der Waals surface area contributed by atoms with Gasteiger partial charge in [0.2, 0.25) is 0 Å². The van der Waals surface area contributed by atoms with Gasteiger partial charge in [0, 0.05) is 5.56 Å². The number of hydrogen-bond acceptors (Lipinski definition) is 3. The Labute approximate surface area is 106 Å². The van der Waals surface area contributed by atoms with Gasteiger partial charge in [0.05, 0.1) is 13.5 Å². The number of Topliss-reactive ketones (excluding diaryl/α,β-unsaturated/α-hetero) is 1. The summed E-state index contributed by atoms with van der Waals surface area (Å²) in [7, 11) is 1.27. The molecule has 3 nitrogen and oxygen atoms in total. The molecule has 1 aromatic carbocycles. The van der Waals surface area contributed by atoms with Crippen LogP contribution < -0.4 is 0 Å². The van der Waals surface area contributed by atoms with E-state index in [1.807, 2.05) is 19.1 Å². The van der Waals surface area contributed by atoms with Crippen LogP contribution in [0, 0.1) is 0 Å². The number of methoxy groups -OCH3 is 1. The zero-order valence-corrected chi connectivity index (χ0v) is 10.7. The molecule has 4 heteroatoms. The topological polar surface area (TPSA) is 43.4 Å². The lowest BCUT2D eigenvalue weighted by Gasteiger charge is -2.07. The number of hydrogen-bond donors (Lipinski definition) is 0. The van der Waals surface area contributed by atoms with Crippen molar-refractivity contribution in [3.8, 4) is 0 Å². The number of rotatable bonds is 5. The largest absolute Gasteiger partial charge is 0.469 e. The molecule has 0 aliphatic carbocycles. The summed E-state index contributed by atoms with van der Waals surface area (Å²) >= 11 is 5.86. The first-order valence-corrected chi connectivity index (χ1v) is 5.86. The van der Waals surface area contributed by atoms with Gasteiger partial charge in [0.1, 0.15) is 5.38 Å². The molecular formula is C13H15ClO3. The molecule has 0 heterocycles. The normalized spacial score (nSPS) is 11.9. The molecule has 0 saturated heterocycles. The lowest BCUT2D eigenvalue weighted by molar-refractivity contribution is -0.140. The Morgan fingerprint density at radius 3 is 2.35 bits per heavy atom. The number of esters is 1. The second-order valence-electron chi connectivity index (χ2n) is 3.66. The molecule has 0 amide bonds. The first-order chi connectivity index (χ1) is 8.08. The molecule has 92 valence electrons. The highest BCUT2D eigenvalue weighted by atomic mass is 35.5. The van der Waals surface area contributed by atoms with Crippen LogP contribution in [0.4, 0.5) is 0 Å². The summed E-state index contributed by atoms with van der Waals surface area (Å²) in [4.78, 5) is 22.9. The van der Waals surface area contributed by atoms with E-state index in [-0.39, 0.29) is 12.2 Å². The fourth-order valence-corrected chi connectivity index (χ4v) is 1.66. The predicted molar refractivity (Wildman–Crippen MR) is 66.4 cm³/mol. The molecule has 1 rings (SSSR count). The average molecular weight is 255 g/mol. The number of carbonyl (C=O) groups is 2. The van der Waals surface area contributed by atoms with E-state index in [9.17, 15) is 9.59 Å². The van der Waals surface area contributed by atoms with Crippen molar-refractivity contribution in [2.45, 2.75) is 25.1 Å². The Bertz CT molecular complexity index is 398. The summed E-state index contributed by atoms with van der Waals surface area (Å²) in [6.07, 6.45) is 0.813. The van der Waals surface area contributed by atoms with Crippen LogP contribution in [0.3, 0.4) is 0 Å². The fraction of sp³-hybridized carbons (Fsp3) is 0.385. The zero-order valence-electron chi connectivity index (χ0n) is 9.90. The number of ether oxygens (including phenoxy) is 1. The van der Waals surface area contributed by atoms with E-state index in [1.165, 1.54) is 7.11 Å². The maximum absolute atomic E-state index is 11.9. The SMILES string of the molecule is CCc1ccc(C(=O)C(Cl)CC(=O)OC)cc1. The van der Waals surface area contributed by atoms with Gasteiger partial charge in [0.15, 0.2) is 5.78 Å². The Morgan fingerprint density at radius 1 is 1.29 bits per heavy atom. The molecule has 1 aromatic rings. The van der Waals surface area contributed by atoms with Crippen molar-refractivity contribution in [1.29, 1.82) is 0 Å². The molecule has 0 aliphatic heterocycles. The lowest BCUT2D eigenvalue weighted by Crippen LogP contribution is -2.19. The van der Waals surface area contributed by atoms with E-state index >= 15 is 0 Å². The number of halogens is 1. The number of carbonyl (C=O) groups excluding carboxylic acids is 2. The Balaban J connectivity index is 2.71. The molecule has 0 spiro atoms. The summed E-state index contributed by atoms with van der Waals surface area (Å²) in [5, 5.41) is -0.866. The fourth-order valence-electron chi connectivity index (χ4n) is 1.41. The van der Waals surface area contributed by atoms with Crippen molar-refractivity contribution in [3.05, 3.63) is 35.4 Å². The Morgan fingerprint density at radius 2 is 1.88 bits per heavy atom. The highest BCUT2D eigenvalue weighted by molar-refractivity contribution is 6.34. The van der Waals surface area contributed by atoms with Gasteiger partial charge in [-0.15, -0.1) is 11.6 Å². The van der Waals surface area contributed by atoms with Crippen LogP contribution in [0.15, 0.2) is 24.3 Å². The summed E-state index contributed by atoms with van der Waals surface area (Å²) in [5.41, 5.74) is 1.67. The van der Waals surface area contributed by atoms with E-state index in [4.69, 9.17) is 11.6 Å². The van der Waals surface area contributed by atoms with Gasteiger partial charge in [-0.25, -0.2) is 0 Å². The van der Waals surface area contributed by atoms with Crippen molar-refractivity contribution >= 4 is 23.4 Å². The summed E-state index contributed by atoms with van der Waals surface area (Å²) in [6.45, 7) is 2.04. The maximum Gasteiger partial charge on any atom is 0.307 e. The third kappa shape index (κ3) is 3.86. The zero-order chi connectivity index (χ0) is 12.8. The van der Waals surface area contributed by atoms with Crippen molar-refractivity contribution in [3.63, 3.8) is 0 Å². The quantitative estimate of drug-likeness (QED) is 0.461. The Hall–Kier alpha value is -1.35. The highest BCUT2D eigenvalue weighted by Crippen LogP contribution is 2.13. The molecule has 17 heavy (non-hydrogen) atoms. The van der Waals surface area contributed by atoms with E-state index in [2.05, 4.69) is 4.74 Å². The van der Waals surface area contributed by atoms with Gasteiger partial charge in [-0.05, 0) is 12.0 Å². The molecule has 1 unspecified atom stereocenters.